The van der Waals surface area contributed by atoms with Gasteiger partial charge in [-0.1, -0.05) is 258 Å². The van der Waals surface area contributed by atoms with Crippen molar-refractivity contribution in [3.63, 3.8) is 0 Å². The predicted molar refractivity (Wildman–Crippen MR) is 352 cm³/mol. The van der Waals surface area contributed by atoms with E-state index in [2.05, 4.69) is 24.5 Å². The molecule has 548 valence electrons. The molecule has 0 aromatic rings. The minimum absolute atomic E-state index is 0.229. The first-order chi connectivity index (χ1) is 44.9. The van der Waals surface area contributed by atoms with Crippen LogP contribution >= 0.6 is 0 Å². The molecule has 3 aliphatic heterocycles. The number of ether oxygens (including phenoxy) is 6. The monoisotopic (exact) mass is 1340 g/mol. The summed E-state index contributed by atoms with van der Waals surface area (Å²) in [6.45, 7) is 2.25. The zero-order valence-electron chi connectivity index (χ0n) is 57.4. The van der Waals surface area contributed by atoms with Crippen LogP contribution in [0.5, 0.6) is 0 Å². The second-order valence-electron chi connectivity index (χ2n) is 27.2. The van der Waals surface area contributed by atoms with Crippen LogP contribution in [0, 0.1) is 0 Å². The van der Waals surface area contributed by atoms with Gasteiger partial charge in [0, 0.05) is 19.8 Å². The third-order valence-electron chi connectivity index (χ3n) is 19.1. The lowest BCUT2D eigenvalue weighted by Crippen LogP contribution is -2.70. The summed E-state index contributed by atoms with van der Waals surface area (Å²) in [6, 6.07) is -2.52. The Balaban J connectivity index is 1.57. The highest BCUT2D eigenvalue weighted by Crippen LogP contribution is 2.39. The summed E-state index contributed by atoms with van der Waals surface area (Å²) in [6.07, 6.45) is 19.5. The van der Waals surface area contributed by atoms with Crippen LogP contribution in [-0.4, -0.2) is 215 Å². The van der Waals surface area contributed by atoms with E-state index in [4.69, 9.17) is 28.4 Å². The van der Waals surface area contributed by atoms with Crippen molar-refractivity contribution in [2.45, 2.75) is 400 Å². The molecule has 18 atom stereocenters. The maximum Gasteiger partial charge on any atom is 0.364 e. The van der Waals surface area contributed by atoms with E-state index in [-0.39, 0.29) is 18.9 Å². The van der Waals surface area contributed by atoms with Gasteiger partial charge in [-0.2, -0.15) is 0 Å². The van der Waals surface area contributed by atoms with Crippen molar-refractivity contribution in [3.05, 3.63) is 0 Å². The third-order valence-corrected chi connectivity index (χ3v) is 19.1. The summed E-state index contributed by atoms with van der Waals surface area (Å²) >= 11 is 0. The first kappa shape index (κ1) is 85.0. The number of carbonyl (C=O) groups excluding carboxylic acids is 2. The van der Waals surface area contributed by atoms with Crippen LogP contribution in [0.4, 0.5) is 0 Å². The van der Waals surface area contributed by atoms with E-state index < -0.39 is 148 Å². The molecule has 0 radical (unpaired) electrons. The van der Waals surface area contributed by atoms with Gasteiger partial charge in [-0.15, -0.1) is 0 Å². The number of aliphatic hydroxyl groups excluding tert-OH is 11. The molecular formula is C70H132N2O21. The Morgan fingerprint density at radius 3 is 1.34 bits per heavy atom. The molecule has 18 unspecified atom stereocenters. The van der Waals surface area contributed by atoms with E-state index >= 15 is 0 Å². The van der Waals surface area contributed by atoms with Gasteiger partial charge in [-0.25, -0.2) is 4.79 Å². The molecule has 2 amide bonds. The molecule has 0 aliphatic carbocycles. The van der Waals surface area contributed by atoms with Crippen LogP contribution in [0.15, 0.2) is 0 Å². The number of amides is 2. The number of carbonyl (C=O) groups is 3. The highest BCUT2D eigenvalue weighted by Gasteiger charge is 2.60. The quantitative estimate of drug-likeness (QED) is 0.0260. The molecular weight excluding hydrogens is 1200 g/mol. The standard InChI is InChI=1S/C70H132N2O21/c1-4-6-8-10-12-14-16-18-20-22-24-25-26-27-29-31-33-35-37-39-41-43-52(77)51(72-57(80)44-42-40-38-36-34-32-30-28-23-21-19-17-15-13-11-9-7-5-2)49-88-67-62(84)61(83)64(56(48-75)90-67)91-68-63(85)66(60(82)55(47-74)89-68)93-70(69(86)87)45-53(78)58(71-50(3)76)65(92-70)59(81)54(79)46-73/h51-56,58-68,73-75,77-79,81-85H,4-49H2,1-3H3,(H,71,76)(H,72,80)(H,86,87). The number of aliphatic carboxylic acids is 1. The Labute approximate surface area is 557 Å². The number of unbranched alkanes of at least 4 members (excludes halogenated alkanes) is 37. The van der Waals surface area contributed by atoms with Crippen LogP contribution in [0.3, 0.4) is 0 Å². The zero-order chi connectivity index (χ0) is 68.2. The second kappa shape index (κ2) is 51.0. The Bertz CT molecular complexity index is 1880. The highest BCUT2D eigenvalue weighted by molar-refractivity contribution is 5.77. The van der Waals surface area contributed by atoms with Crippen LogP contribution in [0.25, 0.3) is 0 Å². The predicted octanol–water partition coefficient (Wildman–Crippen LogP) is 7.68. The number of aliphatic hydroxyl groups is 11. The van der Waals surface area contributed by atoms with Gasteiger partial charge in [0.2, 0.25) is 11.8 Å². The van der Waals surface area contributed by atoms with Crippen LogP contribution in [0.1, 0.15) is 290 Å². The maximum absolute atomic E-state index is 13.5. The summed E-state index contributed by atoms with van der Waals surface area (Å²) < 4.78 is 34.9. The molecule has 0 saturated carbocycles. The van der Waals surface area contributed by atoms with Crippen molar-refractivity contribution in [2.24, 2.45) is 0 Å². The molecule has 14 N–H and O–H groups in total. The van der Waals surface area contributed by atoms with E-state index in [1.165, 1.54) is 193 Å². The number of carboxylic acids is 1. The summed E-state index contributed by atoms with van der Waals surface area (Å²) in [5, 5.41) is 136. The molecule has 23 heteroatoms. The molecule has 0 spiro atoms. The SMILES string of the molecule is CCCCCCCCCCCCCCCCCCCCCCCC(O)C(COC1OC(CO)C(OC2OC(CO)C(O)C(OC3(C(=O)O)CC(O)C(NC(C)=O)C(C(O)C(O)CO)O3)C2O)C(O)C1O)NC(=O)CCCCCCCCCCCCCCCCCCCC. The number of carboxylic acid groups (broad SMARTS) is 1. The summed E-state index contributed by atoms with van der Waals surface area (Å²) in [5.74, 6) is -6.09. The van der Waals surface area contributed by atoms with Crippen molar-refractivity contribution in [1.82, 2.24) is 10.6 Å². The fraction of sp³-hybridized carbons (Fsp3) is 0.957. The van der Waals surface area contributed by atoms with Gasteiger partial charge >= 0.3 is 5.97 Å². The minimum Gasteiger partial charge on any atom is -0.477 e. The third kappa shape index (κ3) is 33.0. The van der Waals surface area contributed by atoms with E-state index in [1.54, 1.807) is 0 Å². The van der Waals surface area contributed by atoms with Gasteiger partial charge in [0.1, 0.15) is 67.1 Å². The number of nitrogens with one attached hydrogen (secondary N) is 2. The van der Waals surface area contributed by atoms with E-state index in [1.807, 2.05) is 0 Å². The van der Waals surface area contributed by atoms with Crippen molar-refractivity contribution in [3.8, 4) is 0 Å². The first-order valence-corrected chi connectivity index (χ1v) is 36.9. The lowest BCUT2D eigenvalue weighted by molar-refractivity contribution is -0.386. The van der Waals surface area contributed by atoms with Crippen molar-refractivity contribution in [1.29, 1.82) is 0 Å². The van der Waals surface area contributed by atoms with Crippen LogP contribution in [-0.2, 0) is 42.8 Å². The van der Waals surface area contributed by atoms with E-state index in [0.717, 1.165) is 51.9 Å². The fourth-order valence-corrected chi connectivity index (χ4v) is 13.2. The number of hydrogen-bond acceptors (Lipinski definition) is 20. The second-order valence-corrected chi connectivity index (χ2v) is 27.2. The van der Waals surface area contributed by atoms with Crippen molar-refractivity contribution < 1.29 is 104 Å². The smallest absolute Gasteiger partial charge is 0.364 e. The molecule has 3 aliphatic rings. The van der Waals surface area contributed by atoms with Gasteiger partial charge < -0.3 is 100 Å². The summed E-state index contributed by atoms with van der Waals surface area (Å²) in [7, 11) is 0. The minimum atomic E-state index is -3.08. The Kier molecular flexibility index (Phi) is 46.6. The van der Waals surface area contributed by atoms with E-state index in [0.29, 0.717) is 19.3 Å². The Morgan fingerprint density at radius 1 is 0.516 bits per heavy atom. The number of rotatable bonds is 57. The lowest BCUT2D eigenvalue weighted by Gasteiger charge is -2.50. The average Bonchev–Trinajstić information content (AvgIpc) is 0.767. The average molecular weight is 1340 g/mol. The molecule has 3 saturated heterocycles. The fourth-order valence-electron chi connectivity index (χ4n) is 13.2. The number of hydrogen-bond donors (Lipinski definition) is 14. The molecule has 3 rings (SSSR count). The Morgan fingerprint density at radius 2 is 0.935 bits per heavy atom. The molecule has 93 heavy (non-hydrogen) atoms. The highest BCUT2D eigenvalue weighted by atomic mass is 16.8. The molecule has 0 aromatic heterocycles. The van der Waals surface area contributed by atoms with E-state index in [9.17, 15) is 75.7 Å². The van der Waals surface area contributed by atoms with Crippen molar-refractivity contribution in [2.75, 3.05) is 26.4 Å². The van der Waals surface area contributed by atoms with Gasteiger partial charge in [-0.05, 0) is 12.8 Å². The van der Waals surface area contributed by atoms with Gasteiger partial charge in [-0.3, -0.25) is 9.59 Å². The van der Waals surface area contributed by atoms with Crippen LogP contribution < -0.4 is 10.6 Å². The molecule has 0 bridgehead atoms. The normalized spacial score (nSPS) is 28.0. The van der Waals surface area contributed by atoms with Crippen molar-refractivity contribution >= 4 is 17.8 Å². The topological polar surface area (TPSA) is 373 Å². The van der Waals surface area contributed by atoms with Gasteiger partial charge in [0.05, 0.1) is 50.7 Å². The van der Waals surface area contributed by atoms with Gasteiger partial charge in [0.25, 0.3) is 5.79 Å². The van der Waals surface area contributed by atoms with Crippen LogP contribution in [0.2, 0.25) is 0 Å². The molecule has 0 aromatic carbocycles. The molecule has 3 fully saturated rings. The summed E-state index contributed by atoms with van der Waals surface area (Å²) in [4.78, 5) is 38.6. The zero-order valence-corrected chi connectivity index (χ0v) is 57.4. The summed E-state index contributed by atoms with van der Waals surface area (Å²) in [5.41, 5.74) is 0. The Hall–Kier alpha value is -2.27. The maximum atomic E-state index is 13.5. The largest absolute Gasteiger partial charge is 0.477 e. The molecule has 3 heterocycles. The van der Waals surface area contributed by atoms with Gasteiger partial charge in [0.15, 0.2) is 12.6 Å². The molecule has 23 nitrogen and oxygen atoms in total. The first-order valence-electron chi connectivity index (χ1n) is 36.9. The lowest BCUT2D eigenvalue weighted by atomic mass is 9.88.